The molecular formula is C11H17FN2O2S. The molecule has 17 heavy (non-hydrogen) atoms. The molecule has 0 heterocycles. The first-order valence-electron chi connectivity index (χ1n) is 5.28. The highest BCUT2D eigenvalue weighted by Gasteiger charge is 2.27. The molecule has 0 aliphatic carbocycles. The van der Waals surface area contributed by atoms with E-state index in [2.05, 4.69) is 5.32 Å². The SMILES string of the molecule is CNCC(C)S(=O)(=O)N(C)c1ccccc1F. The van der Waals surface area contributed by atoms with Gasteiger partial charge in [-0.1, -0.05) is 12.1 Å². The summed E-state index contributed by atoms with van der Waals surface area (Å²) in [6.45, 7) is 1.91. The lowest BCUT2D eigenvalue weighted by atomic mass is 10.3. The normalized spacial score (nSPS) is 13.4. The fourth-order valence-electron chi connectivity index (χ4n) is 1.51. The maximum atomic E-state index is 13.5. The van der Waals surface area contributed by atoms with Crippen molar-refractivity contribution < 1.29 is 12.8 Å². The summed E-state index contributed by atoms with van der Waals surface area (Å²) in [5, 5.41) is 2.18. The predicted molar refractivity (Wildman–Crippen MR) is 67.1 cm³/mol. The Morgan fingerprint density at radius 1 is 1.41 bits per heavy atom. The van der Waals surface area contributed by atoms with Crippen LogP contribution in [-0.2, 0) is 10.0 Å². The van der Waals surface area contributed by atoms with E-state index in [0.29, 0.717) is 6.54 Å². The van der Waals surface area contributed by atoms with E-state index in [-0.39, 0.29) is 5.69 Å². The van der Waals surface area contributed by atoms with Gasteiger partial charge < -0.3 is 5.32 Å². The molecule has 1 aromatic carbocycles. The van der Waals surface area contributed by atoms with Crippen LogP contribution < -0.4 is 9.62 Å². The van der Waals surface area contributed by atoms with Crippen LogP contribution in [0.1, 0.15) is 6.92 Å². The van der Waals surface area contributed by atoms with E-state index in [0.717, 1.165) is 4.31 Å². The Morgan fingerprint density at radius 2 is 2.00 bits per heavy atom. The number of anilines is 1. The summed E-state index contributed by atoms with van der Waals surface area (Å²) < 4.78 is 38.7. The number of para-hydroxylation sites is 1. The van der Waals surface area contributed by atoms with Gasteiger partial charge in [-0.25, -0.2) is 12.8 Å². The number of sulfonamides is 1. The molecular weight excluding hydrogens is 243 g/mol. The summed E-state index contributed by atoms with van der Waals surface area (Å²) >= 11 is 0. The van der Waals surface area contributed by atoms with Gasteiger partial charge in [0.2, 0.25) is 10.0 Å². The summed E-state index contributed by atoms with van der Waals surface area (Å²) in [5.74, 6) is -0.546. The highest BCUT2D eigenvalue weighted by Crippen LogP contribution is 2.21. The summed E-state index contributed by atoms with van der Waals surface area (Å²) in [7, 11) is -0.509. The number of hydrogen-bond acceptors (Lipinski definition) is 3. The minimum absolute atomic E-state index is 0.0652. The molecule has 1 N–H and O–H groups in total. The number of hydrogen-bond donors (Lipinski definition) is 1. The van der Waals surface area contributed by atoms with E-state index < -0.39 is 21.1 Å². The minimum atomic E-state index is -3.55. The van der Waals surface area contributed by atoms with Crippen molar-refractivity contribution in [1.29, 1.82) is 0 Å². The Balaban J connectivity index is 3.05. The molecule has 1 aromatic rings. The predicted octanol–water partition coefficient (Wildman–Crippen LogP) is 1.20. The maximum absolute atomic E-state index is 13.5. The molecule has 0 aliphatic heterocycles. The average Bonchev–Trinajstić information content (AvgIpc) is 2.29. The van der Waals surface area contributed by atoms with Gasteiger partial charge in [0.05, 0.1) is 10.9 Å². The molecule has 0 bridgehead atoms. The number of nitrogens with zero attached hydrogens (tertiary/aromatic N) is 1. The van der Waals surface area contributed by atoms with Crippen molar-refractivity contribution in [2.75, 3.05) is 24.9 Å². The number of nitrogens with one attached hydrogen (secondary N) is 1. The van der Waals surface area contributed by atoms with Gasteiger partial charge in [0, 0.05) is 13.6 Å². The van der Waals surface area contributed by atoms with E-state index in [1.807, 2.05) is 0 Å². The molecule has 4 nitrogen and oxygen atoms in total. The van der Waals surface area contributed by atoms with Gasteiger partial charge in [-0.15, -0.1) is 0 Å². The molecule has 0 aromatic heterocycles. The smallest absolute Gasteiger partial charge is 0.238 e. The second-order valence-corrected chi connectivity index (χ2v) is 6.21. The zero-order valence-electron chi connectivity index (χ0n) is 10.1. The second kappa shape index (κ2) is 5.46. The topological polar surface area (TPSA) is 49.4 Å². The van der Waals surface area contributed by atoms with Crippen LogP contribution in [0.2, 0.25) is 0 Å². The maximum Gasteiger partial charge on any atom is 0.238 e. The zero-order chi connectivity index (χ0) is 13.1. The molecule has 0 saturated carbocycles. The van der Waals surface area contributed by atoms with Gasteiger partial charge >= 0.3 is 0 Å². The van der Waals surface area contributed by atoms with Crippen molar-refractivity contribution >= 4 is 15.7 Å². The molecule has 96 valence electrons. The van der Waals surface area contributed by atoms with E-state index in [9.17, 15) is 12.8 Å². The van der Waals surface area contributed by atoms with E-state index in [1.54, 1.807) is 20.0 Å². The zero-order valence-corrected chi connectivity index (χ0v) is 11.0. The van der Waals surface area contributed by atoms with Crippen molar-refractivity contribution in [3.8, 4) is 0 Å². The summed E-state index contributed by atoms with van der Waals surface area (Å²) in [4.78, 5) is 0. The van der Waals surface area contributed by atoms with Gasteiger partial charge in [-0.2, -0.15) is 0 Å². The number of benzene rings is 1. The van der Waals surface area contributed by atoms with Crippen LogP contribution in [0.15, 0.2) is 24.3 Å². The molecule has 1 unspecified atom stereocenters. The van der Waals surface area contributed by atoms with Gasteiger partial charge in [0.25, 0.3) is 0 Å². The number of halogens is 1. The van der Waals surface area contributed by atoms with Gasteiger partial charge in [0.1, 0.15) is 5.82 Å². The number of rotatable bonds is 5. The lowest BCUT2D eigenvalue weighted by molar-refractivity contribution is 0.573. The third kappa shape index (κ3) is 2.95. The molecule has 0 fully saturated rings. The first kappa shape index (κ1) is 13.9. The molecule has 0 aliphatic rings. The summed E-state index contributed by atoms with van der Waals surface area (Å²) in [6, 6.07) is 5.81. The van der Waals surface area contributed by atoms with Crippen molar-refractivity contribution in [2.24, 2.45) is 0 Å². The van der Waals surface area contributed by atoms with Crippen LogP contribution in [0.4, 0.5) is 10.1 Å². The fourth-order valence-corrected chi connectivity index (χ4v) is 2.85. The molecule has 1 rings (SSSR count). The highest BCUT2D eigenvalue weighted by molar-refractivity contribution is 7.93. The van der Waals surface area contributed by atoms with Crippen LogP contribution in [-0.4, -0.2) is 34.3 Å². The van der Waals surface area contributed by atoms with Crippen LogP contribution in [0, 0.1) is 5.82 Å². The lowest BCUT2D eigenvalue weighted by Gasteiger charge is -2.23. The average molecular weight is 260 g/mol. The molecule has 6 heteroatoms. The summed E-state index contributed by atoms with van der Waals surface area (Å²) in [5.41, 5.74) is 0.0652. The fraction of sp³-hybridized carbons (Fsp3) is 0.455. The van der Waals surface area contributed by atoms with Crippen LogP contribution in [0.3, 0.4) is 0 Å². The third-order valence-corrected chi connectivity index (χ3v) is 4.72. The van der Waals surface area contributed by atoms with Crippen molar-refractivity contribution in [3.63, 3.8) is 0 Å². The largest absolute Gasteiger partial charge is 0.318 e. The lowest BCUT2D eigenvalue weighted by Crippen LogP contribution is -2.39. The van der Waals surface area contributed by atoms with Crippen LogP contribution in [0.5, 0.6) is 0 Å². The van der Waals surface area contributed by atoms with E-state index >= 15 is 0 Å². The Hall–Kier alpha value is -1.14. The van der Waals surface area contributed by atoms with Crippen LogP contribution in [0.25, 0.3) is 0 Å². The monoisotopic (exact) mass is 260 g/mol. The van der Waals surface area contributed by atoms with Crippen molar-refractivity contribution in [1.82, 2.24) is 5.32 Å². The molecule has 0 amide bonds. The Labute approximate surface area is 101 Å². The van der Waals surface area contributed by atoms with Gasteiger partial charge in [-0.3, -0.25) is 4.31 Å². The van der Waals surface area contributed by atoms with E-state index in [1.165, 1.54) is 25.2 Å². The van der Waals surface area contributed by atoms with Crippen LogP contribution >= 0.6 is 0 Å². The van der Waals surface area contributed by atoms with E-state index in [4.69, 9.17) is 0 Å². The first-order chi connectivity index (χ1) is 7.91. The Kier molecular flexibility index (Phi) is 4.47. The third-order valence-electron chi connectivity index (χ3n) is 2.57. The Morgan fingerprint density at radius 3 is 2.53 bits per heavy atom. The molecule has 1 atom stereocenters. The molecule has 0 spiro atoms. The molecule has 0 saturated heterocycles. The quantitative estimate of drug-likeness (QED) is 0.865. The van der Waals surface area contributed by atoms with Gasteiger partial charge in [-0.05, 0) is 26.1 Å². The van der Waals surface area contributed by atoms with Crippen molar-refractivity contribution in [2.45, 2.75) is 12.2 Å². The molecule has 0 radical (unpaired) electrons. The highest BCUT2D eigenvalue weighted by atomic mass is 32.2. The minimum Gasteiger partial charge on any atom is -0.318 e. The first-order valence-corrected chi connectivity index (χ1v) is 6.78. The standard InChI is InChI=1S/C11H17FN2O2S/c1-9(8-13-2)17(15,16)14(3)11-7-5-4-6-10(11)12/h4-7,9,13H,8H2,1-3H3. The second-order valence-electron chi connectivity index (χ2n) is 3.83. The van der Waals surface area contributed by atoms with Crippen molar-refractivity contribution in [3.05, 3.63) is 30.1 Å². The Bertz CT molecular complexity index is 476. The van der Waals surface area contributed by atoms with Gasteiger partial charge in [0.15, 0.2) is 0 Å². The summed E-state index contributed by atoms with van der Waals surface area (Å²) in [6.07, 6.45) is 0.